The number of piperazine rings is 1. The van der Waals surface area contributed by atoms with Crippen molar-refractivity contribution in [1.82, 2.24) is 20.0 Å². The number of nitrogens with zero attached hydrogens (tertiary/aromatic N) is 4. The van der Waals surface area contributed by atoms with Gasteiger partial charge in [-0.25, -0.2) is 9.59 Å². The van der Waals surface area contributed by atoms with Crippen LogP contribution in [0.25, 0.3) is 0 Å². The lowest BCUT2D eigenvalue weighted by atomic mass is 9.76. The Kier molecular flexibility index (Phi) is 9.34. The number of carbonyl (C=O) groups excluding carboxylic acids is 3. The van der Waals surface area contributed by atoms with Gasteiger partial charge in [-0.3, -0.25) is 14.6 Å². The van der Waals surface area contributed by atoms with Crippen LogP contribution in [0, 0.1) is 11.3 Å². The average Bonchev–Trinajstić information content (AvgIpc) is 3.31. The standard InChI is InChI=1S/C27H36BN5O7/c1-27(2,32-11-12-33-21(16-32)18-39-26(33)36)14-20(15-29)24(34)31-10-6-9-22(17-31)40-25(35)30-23(28(37)38)13-19-7-4-3-5-8-19/h3-5,7-8,14,21-23,37-38H,6,9-13,16-18H2,1-2H3,(H,30,35)/t21-,22+,23+/m1/s1. The number of hydrogen-bond acceptors (Lipinski definition) is 9. The van der Waals surface area contributed by atoms with Crippen molar-refractivity contribution in [2.75, 3.05) is 39.3 Å². The van der Waals surface area contributed by atoms with Crippen LogP contribution >= 0.6 is 0 Å². The third-order valence-corrected chi connectivity index (χ3v) is 7.68. The quantitative estimate of drug-likeness (QED) is 0.240. The third kappa shape index (κ3) is 7.13. The lowest BCUT2D eigenvalue weighted by molar-refractivity contribution is -0.129. The molecule has 214 valence electrons. The zero-order chi connectivity index (χ0) is 28.9. The summed E-state index contributed by atoms with van der Waals surface area (Å²) in [6.45, 7) is 6.41. The first-order chi connectivity index (χ1) is 19.1. The largest absolute Gasteiger partial charge is 0.475 e. The first kappa shape index (κ1) is 29.4. The predicted molar refractivity (Wildman–Crippen MR) is 145 cm³/mol. The molecule has 0 spiro atoms. The number of rotatable bonds is 8. The second kappa shape index (κ2) is 12.7. The molecular weight excluding hydrogens is 517 g/mol. The number of likely N-dealkylation sites (tertiary alicyclic amines) is 1. The van der Waals surface area contributed by atoms with E-state index in [2.05, 4.69) is 10.2 Å². The number of carbonyl (C=O) groups is 3. The van der Waals surface area contributed by atoms with E-state index < -0.39 is 36.7 Å². The minimum Gasteiger partial charge on any atom is -0.447 e. The molecule has 3 amide bonds. The zero-order valence-electron chi connectivity index (χ0n) is 22.9. The molecule has 0 aliphatic carbocycles. The molecule has 1 aromatic rings. The molecule has 40 heavy (non-hydrogen) atoms. The monoisotopic (exact) mass is 553 g/mol. The Balaban J connectivity index is 1.34. The molecule has 3 fully saturated rings. The molecule has 3 saturated heterocycles. The summed E-state index contributed by atoms with van der Waals surface area (Å²) in [7, 11) is -1.78. The van der Waals surface area contributed by atoms with Crippen molar-refractivity contribution in [2.45, 2.75) is 56.7 Å². The van der Waals surface area contributed by atoms with Gasteiger partial charge in [-0.2, -0.15) is 5.26 Å². The fraction of sp³-hybridized carbons (Fsp3) is 0.556. The summed E-state index contributed by atoms with van der Waals surface area (Å²) in [4.78, 5) is 43.1. The first-order valence-electron chi connectivity index (χ1n) is 13.5. The summed E-state index contributed by atoms with van der Waals surface area (Å²) in [6, 6.07) is 11.1. The van der Waals surface area contributed by atoms with E-state index in [0.29, 0.717) is 45.6 Å². The molecule has 0 bridgehead atoms. The minimum atomic E-state index is -1.78. The van der Waals surface area contributed by atoms with Gasteiger partial charge in [0.15, 0.2) is 0 Å². The Morgan fingerprint density at radius 3 is 2.70 bits per heavy atom. The molecule has 3 atom stereocenters. The highest BCUT2D eigenvalue weighted by molar-refractivity contribution is 6.43. The molecule has 1 aromatic carbocycles. The highest BCUT2D eigenvalue weighted by atomic mass is 16.6. The third-order valence-electron chi connectivity index (χ3n) is 7.68. The SMILES string of the molecule is CC(C)(C=C(C#N)C(=O)N1CCC[C@H](OC(=O)N[C@@H](Cc2ccccc2)B(O)O)C1)N1CCN2C(=O)OC[C@H]2C1. The lowest BCUT2D eigenvalue weighted by Crippen LogP contribution is -2.58. The Morgan fingerprint density at radius 1 is 1.25 bits per heavy atom. The summed E-state index contributed by atoms with van der Waals surface area (Å²) < 4.78 is 10.7. The summed E-state index contributed by atoms with van der Waals surface area (Å²) in [5.74, 6) is -1.41. The van der Waals surface area contributed by atoms with Crippen molar-refractivity contribution in [3.63, 3.8) is 0 Å². The molecule has 13 heteroatoms. The number of nitrogens with one attached hydrogen (secondary N) is 1. The topological polar surface area (TPSA) is 156 Å². The summed E-state index contributed by atoms with van der Waals surface area (Å²) in [5.41, 5.74) is 0.201. The summed E-state index contributed by atoms with van der Waals surface area (Å²) in [6.07, 6.45) is 1.27. The Morgan fingerprint density at radius 2 is 2.00 bits per heavy atom. The maximum Gasteiger partial charge on any atom is 0.475 e. The maximum atomic E-state index is 13.3. The molecule has 3 aliphatic rings. The lowest BCUT2D eigenvalue weighted by Gasteiger charge is -2.43. The van der Waals surface area contributed by atoms with Gasteiger partial charge in [-0.15, -0.1) is 0 Å². The number of piperidine rings is 1. The van der Waals surface area contributed by atoms with Gasteiger partial charge in [-0.1, -0.05) is 30.3 Å². The van der Waals surface area contributed by atoms with E-state index in [4.69, 9.17) is 9.47 Å². The van der Waals surface area contributed by atoms with E-state index in [1.165, 1.54) is 4.90 Å². The highest BCUT2D eigenvalue weighted by Gasteiger charge is 2.41. The molecule has 3 aliphatic heterocycles. The van der Waals surface area contributed by atoms with E-state index in [0.717, 1.165) is 5.56 Å². The van der Waals surface area contributed by atoms with Crippen molar-refractivity contribution >= 4 is 25.2 Å². The number of fused-ring (bicyclic) bond motifs is 1. The number of alkyl carbamates (subject to hydrolysis) is 1. The van der Waals surface area contributed by atoms with Crippen molar-refractivity contribution < 1.29 is 33.9 Å². The van der Waals surface area contributed by atoms with E-state index in [9.17, 15) is 29.7 Å². The van der Waals surface area contributed by atoms with E-state index in [-0.39, 0.29) is 30.7 Å². The molecule has 0 unspecified atom stereocenters. The molecule has 0 saturated carbocycles. The smallest absolute Gasteiger partial charge is 0.447 e. The Labute approximate surface area is 234 Å². The van der Waals surface area contributed by atoms with Gasteiger partial charge >= 0.3 is 19.3 Å². The molecule has 12 nitrogen and oxygen atoms in total. The van der Waals surface area contributed by atoms with Gasteiger partial charge in [0.25, 0.3) is 5.91 Å². The van der Waals surface area contributed by atoms with E-state index in [1.807, 2.05) is 50.2 Å². The summed E-state index contributed by atoms with van der Waals surface area (Å²) in [5, 5.41) is 31.9. The molecule has 3 N–H and O–H groups in total. The molecule has 4 rings (SSSR count). The van der Waals surface area contributed by atoms with E-state index >= 15 is 0 Å². The normalized spacial score (nSPS) is 22.6. The van der Waals surface area contributed by atoms with Crippen LogP contribution < -0.4 is 5.32 Å². The van der Waals surface area contributed by atoms with Crippen LogP contribution in [-0.2, 0) is 20.7 Å². The number of amides is 3. The van der Waals surface area contributed by atoms with Gasteiger partial charge in [0.2, 0.25) is 0 Å². The second-order valence-electron chi connectivity index (χ2n) is 11.0. The highest BCUT2D eigenvalue weighted by Crippen LogP contribution is 2.26. The van der Waals surface area contributed by atoms with Crippen LogP contribution in [0.1, 0.15) is 32.3 Å². The van der Waals surface area contributed by atoms with Crippen LogP contribution in [0.3, 0.4) is 0 Å². The zero-order valence-corrected chi connectivity index (χ0v) is 22.9. The van der Waals surface area contributed by atoms with Crippen LogP contribution in [0.15, 0.2) is 42.0 Å². The minimum absolute atomic E-state index is 0.00241. The molecule has 0 aromatic heterocycles. The van der Waals surface area contributed by atoms with Crippen molar-refractivity contribution in [1.29, 1.82) is 5.26 Å². The molecule has 0 radical (unpaired) electrons. The van der Waals surface area contributed by atoms with Crippen molar-refractivity contribution in [3.05, 3.63) is 47.5 Å². The van der Waals surface area contributed by atoms with Gasteiger partial charge in [0.05, 0.1) is 18.5 Å². The van der Waals surface area contributed by atoms with Crippen molar-refractivity contribution in [2.24, 2.45) is 0 Å². The Bertz CT molecular complexity index is 1160. The number of hydrogen-bond donors (Lipinski definition) is 3. The van der Waals surface area contributed by atoms with Gasteiger partial charge in [-0.05, 0) is 44.7 Å². The second-order valence-corrected chi connectivity index (χ2v) is 11.0. The van der Waals surface area contributed by atoms with E-state index in [1.54, 1.807) is 11.0 Å². The van der Waals surface area contributed by atoms with Crippen molar-refractivity contribution in [3.8, 4) is 6.07 Å². The first-order valence-corrected chi connectivity index (χ1v) is 13.5. The van der Waals surface area contributed by atoms with Crippen LogP contribution in [0.5, 0.6) is 0 Å². The number of nitriles is 1. The number of ether oxygens (including phenoxy) is 2. The van der Waals surface area contributed by atoms with Gasteiger partial charge in [0, 0.05) is 31.7 Å². The maximum absolute atomic E-state index is 13.3. The van der Waals surface area contributed by atoms with Gasteiger partial charge < -0.3 is 29.7 Å². The average molecular weight is 553 g/mol. The molecule has 3 heterocycles. The summed E-state index contributed by atoms with van der Waals surface area (Å²) >= 11 is 0. The fourth-order valence-corrected chi connectivity index (χ4v) is 5.42. The van der Waals surface area contributed by atoms with Gasteiger partial charge in [0.1, 0.15) is 24.4 Å². The Hall–Kier alpha value is -3.60. The van der Waals surface area contributed by atoms with Crippen LogP contribution in [-0.4, -0.2) is 113 Å². The predicted octanol–water partition coefficient (Wildman–Crippen LogP) is 0.692. The number of benzene rings is 1. The number of cyclic esters (lactones) is 1. The van der Waals surface area contributed by atoms with Crippen LogP contribution in [0.2, 0.25) is 0 Å². The van der Waals surface area contributed by atoms with Crippen LogP contribution in [0.4, 0.5) is 9.59 Å². The molecular formula is C27H36BN5O7. The fourth-order valence-electron chi connectivity index (χ4n) is 5.42.